The number of benzene rings is 3. The molecule has 3 nitrogen and oxygen atoms in total. The molecule has 0 atom stereocenters. The number of para-hydroxylation sites is 1. The van der Waals surface area contributed by atoms with E-state index >= 15 is 0 Å². The minimum Gasteiger partial charge on any atom is -0.300 e. The lowest BCUT2D eigenvalue weighted by Crippen LogP contribution is -2.02. The van der Waals surface area contributed by atoms with E-state index < -0.39 is 0 Å². The number of imidazole rings is 1. The molecule has 5 rings (SSSR count). The summed E-state index contributed by atoms with van der Waals surface area (Å²) < 4.78 is 2.18. The Labute approximate surface area is 176 Å². The maximum atomic E-state index is 4.70. The van der Waals surface area contributed by atoms with Gasteiger partial charge in [0.2, 0.25) is 0 Å². The van der Waals surface area contributed by atoms with Crippen LogP contribution in [0.5, 0.6) is 0 Å². The van der Waals surface area contributed by atoms with E-state index in [4.69, 9.17) is 4.98 Å². The molecule has 0 aliphatic rings. The fourth-order valence-corrected chi connectivity index (χ4v) is 3.80. The van der Waals surface area contributed by atoms with Crippen molar-refractivity contribution in [3.05, 3.63) is 127 Å². The van der Waals surface area contributed by atoms with Gasteiger partial charge in [0.25, 0.3) is 0 Å². The molecule has 0 radical (unpaired) electrons. The highest BCUT2D eigenvalue weighted by molar-refractivity contribution is 5.71. The normalized spacial score (nSPS) is 10.8. The van der Waals surface area contributed by atoms with Gasteiger partial charge in [0.15, 0.2) is 0 Å². The first kappa shape index (κ1) is 18.1. The van der Waals surface area contributed by atoms with Crippen molar-refractivity contribution >= 4 is 0 Å². The first-order chi connectivity index (χ1) is 14.9. The van der Waals surface area contributed by atoms with Crippen molar-refractivity contribution in [3.8, 4) is 28.2 Å². The predicted molar refractivity (Wildman–Crippen MR) is 121 cm³/mol. The molecule has 0 bridgehead atoms. The number of rotatable bonds is 5. The van der Waals surface area contributed by atoms with Gasteiger partial charge in [0.05, 0.1) is 5.69 Å². The zero-order chi connectivity index (χ0) is 20.2. The summed E-state index contributed by atoms with van der Waals surface area (Å²) in [5, 5.41) is 0. The lowest BCUT2D eigenvalue weighted by Gasteiger charge is -2.14. The van der Waals surface area contributed by atoms with E-state index in [0.29, 0.717) is 0 Å². The van der Waals surface area contributed by atoms with Gasteiger partial charge in [-0.15, -0.1) is 0 Å². The van der Waals surface area contributed by atoms with Crippen molar-refractivity contribution < 1.29 is 0 Å². The Morgan fingerprint density at radius 2 is 1.40 bits per heavy atom. The Kier molecular flexibility index (Phi) is 4.93. The van der Waals surface area contributed by atoms with E-state index in [1.807, 2.05) is 36.9 Å². The van der Waals surface area contributed by atoms with Gasteiger partial charge in [-0.25, -0.2) is 4.98 Å². The Morgan fingerprint density at radius 3 is 2.27 bits per heavy atom. The number of hydrogen-bond acceptors (Lipinski definition) is 2. The van der Waals surface area contributed by atoms with Gasteiger partial charge in [-0.2, -0.15) is 0 Å². The van der Waals surface area contributed by atoms with Crippen molar-refractivity contribution in [1.82, 2.24) is 14.5 Å². The summed E-state index contributed by atoms with van der Waals surface area (Å²) in [5.41, 5.74) is 7.11. The first-order valence-electron chi connectivity index (χ1n) is 10.0. The smallest absolute Gasteiger partial charge is 0.144 e. The molecule has 2 aromatic heterocycles. The predicted octanol–water partition coefficient (Wildman–Crippen LogP) is 6.19. The Morgan fingerprint density at radius 1 is 0.633 bits per heavy atom. The number of aromatic nitrogens is 3. The summed E-state index contributed by atoms with van der Waals surface area (Å²) in [5.74, 6) is 0.936. The molecule has 5 aromatic rings. The van der Waals surface area contributed by atoms with Crippen LogP contribution in [-0.2, 0) is 6.42 Å². The second kappa shape index (κ2) is 8.18. The molecular weight excluding hydrogens is 366 g/mol. The van der Waals surface area contributed by atoms with Gasteiger partial charge in [-0.1, -0.05) is 66.7 Å². The Bertz CT molecular complexity index is 1260. The fourth-order valence-electron chi connectivity index (χ4n) is 3.80. The molecule has 3 heteroatoms. The standard InChI is InChI=1S/C27H21N3/c1-2-7-21(8-3-1)19-24-9-4-5-12-26(24)30-18-17-29-27(30)25-11-6-10-23(20-25)22-13-15-28-16-14-22/h1-18,20H,19H2. The summed E-state index contributed by atoms with van der Waals surface area (Å²) in [6, 6.07) is 31.7. The van der Waals surface area contributed by atoms with Crippen molar-refractivity contribution in [3.63, 3.8) is 0 Å². The van der Waals surface area contributed by atoms with Crippen LogP contribution < -0.4 is 0 Å². The third kappa shape index (κ3) is 3.65. The molecule has 0 fully saturated rings. The molecule has 2 heterocycles. The molecule has 30 heavy (non-hydrogen) atoms. The highest BCUT2D eigenvalue weighted by Gasteiger charge is 2.12. The molecular formula is C27H21N3. The average Bonchev–Trinajstić information content (AvgIpc) is 3.31. The van der Waals surface area contributed by atoms with E-state index in [9.17, 15) is 0 Å². The van der Waals surface area contributed by atoms with Gasteiger partial charge in [-0.3, -0.25) is 9.55 Å². The van der Waals surface area contributed by atoms with E-state index in [1.165, 1.54) is 11.1 Å². The highest BCUT2D eigenvalue weighted by Crippen LogP contribution is 2.28. The zero-order valence-electron chi connectivity index (χ0n) is 16.5. The van der Waals surface area contributed by atoms with Gasteiger partial charge in [0.1, 0.15) is 5.82 Å². The SMILES string of the molecule is c1ccc(Cc2ccccc2-n2ccnc2-c2cccc(-c3ccncc3)c2)cc1. The molecule has 3 aromatic carbocycles. The summed E-state index contributed by atoms with van der Waals surface area (Å²) >= 11 is 0. The molecule has 0 aliphatic carbocycles. The van der Waals surface area contributed by atoms with Crippen LogP contribution in [0, 0.1) is 0 Å². The lowest BCUT2D eigenvalue weighted by atomic mass is 10.0. The second-order valence-corrected chi connectivity index (χ2v) is 7.23. The summed E-state index contributed by atoms with van der Waals surface area (Å²) in [6.45, 7) is 0. The molecule has 0 amide bonds. The van der Waals surface area contributed by atoms with Gasteiger partial charge >= 0.3 is 0 Å². The number of pyridine rings is 1. The van der Waals surface area contributed by atoms with Crippen LogP contribution in [0.4, 0.5) is 0 Å². The molecule has 0 saturated carbocycles. The van der Waals surface area contributed by atoms with Crippen LogP contribution >= 0.6 is 0 Å². The largest absolute Gasteiger partial charge is 0.300 e. The summed E-state index contributed by atoms with van der Waals surface area (Å²) in [7, 11) is 0. The van der Waals surface area contributed by atoms with Gasteiger partial charge in [0, 0.05) is 30.4 Å². The van der Waals surface area contributed by atoms with Crippen molar-refractivity contribution in [2.75, 3.05) is 0 Å². The van der Waals surface area contributed by atoms with Crippen LogP contribution in [0.15, 0.2) is 116 Å². The Balaban J connectivity index is 1.56. The van der Waals surface area contributed by atoms with E-state index in [0.717, 1.165) is 34.6 Å². The number of hydrogen-bond donors (Lipinski definition) is 0. The third-order valence-corrected chi connectivity index (χ3v) is 5.26. The highest BCUT2D eigenvalue weighted by atomic mass is 15.1. The van der Waals surface area contributed by atoms with E-state index in [-0.39, 0.29) is 0 Å². The van der Waals surface area contributed by atoms with Crippen LogP contribution in [0.3, 0.4) is 0 Å². The average molecular weight is 387 g/mol. The number of nitrogens with zero attached hydrogens (tertiary/aromatic N) is 3. The fraction of sp³-hybridized carbons (Fsp3) is 0.0370. The molecule has 0 spiro atoms. The van der Waals surface area contributed by atoms with Crippen LogP contribution in [0.25, 0.3) is 28.2 Å². The van der Waals surface area contributed by atoms with Gasteiger partial charge < -0.3 is 0 Å². The van der Waals surface area contributed by atoms with Crippen LogP contribution in [-0.4, -0.2) is 14.5 Å². The first-order valence-corrected chi connectivity index (χ1v) is 10.0. The molecule has 0 saturated heterocycles. The maximum absolute atomic E-state index is 4.70. The van der Waals surface area contributed by atoms with Gasteiger partial charge in [-0.05, 0) is 52.9 Å². The summed E-state index contributed by atoms with van der Waals surface area (Å²) in [6.07, 6.45) is 8.43. The maximum Gasteiger partial charge on any atom is 0.144 e. The minimum absolute atomic E-state index is 0.881. The summed E-state index contributed by atoms with van der Waals surface area (Å²) in [4.78, 5) is 8.82. The lowest BCUT2D eigenvalue weighted by molar-refractivity contribution is 1.02. The molecule has 0 aliphatic heterocycles. The monoisotopic (exact) mass is 387 g/mol. The van der Waals surface area contributed by atoms with Crippen LogP contribution in [0.1, 0.15) is 11.1 Å². The molecule has 0 N–H and O–H groups in total. The van der Waals surface area contributed by atoms with E-state index in [2.05, 4.69) is 88.4 Å². The van der Waals surface area contributed by atoms with E-state index in [1.54, 1.807) is 0 Å². The van der Waals surface area contributed by atoms with Crippen molar-refractivity contribution in [2.24, 2.45) is 0 Å². The minimum atomic E-state index is 0.881. The Hall–Kier alpha value is -3.98. The zero-order valence-corrected chi connectivity index (χ0v) is 16.5. The topological polar surface area (TPSA) is 30.7 Å². The van der Waals surface area contributed by atoms with Crippen molar-refractivity contribution in [1.29, 1.82) is 0 Å². The second-order valence-electron chi connectivity index (χ2n) is 7.23. The quantitative estimate of drug-likeness (QED) is 0.360. The van der Waals surface area contributed by atoms with Crippen molar-refractivity contribution in [2.45, 2.75) is 6.42 Å². The van der Waals surface area contributed by atoms with Crippen LogP contribution in [0.2, 0.25) is 0 Å². The molecule has 144 valence electrons. The third-order valence-electron chi connectivity index (χ3n) is 5.26. The molecule has 0 unspecified atom stereocenters.